The number of halogens is 2. The summed E-state index contributed by atoms with van der Waals surface area (Å²) >= 11 is 3.56. The molecule has 0 aliphatic heterocycles. The van der Waals surface area contributed by atoms with Gasteiger partial charge in [-0.25, -0.2) is 9.37 Å². The molecule has 0 fully saturated rings. The van der Waals surface area contributed by atoms with Crippen molar-refractivity contribution < 1.29 is 14.6 Å². The molecule has 4 aromatic rings. The molecule has 4 rings (SSSR count). The zero-order valence-corrected chi connectivity index (χ0v) is 15.0. The fraction of sp³-hybridized carbons (Fsp3) is 0. The van der Waals surface area contributed by atoms with E-state index in [1.165, 1.54) is 12.1 Å². The van der Waals surface area contributed by atoms with Crippen LogP contribution in [0.4, 0.5) is 4.39 Å². The smallest absolute Gasteiger partial charge is 0.165 e. The first kappa shape index (κ1) is 16.5. The topological polar surface area (TPSA) is 53.4 Å². The third-order valence-corrected chi connectivity index (χ3v) is 4.87. The van der Waals surface area contributed by atoms with E-state index in [0.29, 0.717) is 11.3 Å². The predicted molar refractivity (Wildman–Crippen MR) is 104 cm³/mol. The average Bonchev–Trinajstić information content (AvgIpc) is 2.64. The number of phenols is 2. The van der Waals surface area contributed by atoms with Gasteiger partial charge < -0.3 is 10.2 Å². The minimum atomic E-state index is -0.685. The van der Waals surface area contributed by atoms with Crippen LogP contribution in [0.2, 0.25) is 0 Å². The van der Waals surface area contributed by atoms with E-state index < -0.39 is 5.82 Å². The fourth-order valence-corrected chi connectivity index (χ4v) is 3.42. The number of rotatable bonds is 2. The molecule has 2 N–H and O–H groups in total. The molecule has 1 heterocycles. The number of aromatic hydroxyl groups is 2. The van der Waals surface area contributed by atoms with Gasteiger partial charge in [0.15, 0.2) is 11.6 Å². The highest BCUT2D eigenvalue weighted by molar-refractivity contribution is 9.10. The van der Waals surface area contributed by atoms with Crippen LogP contribution < -0.4 is 0 Å². The SMILES string of the molecule is Oc1ccc(-c2cc(Br)c3cc(-c4ccccc4O)ccc3n2)cc1F. The number of nitrogens with zero attached hydrogens (tertiary/aromatic N) is 1. The fourth-order valence-electron chi connectivity index (χ4n) is 2.88. The zero-order chi connectivity index (χ0) is 18.3. The van der Waals surface area contributed by atoms with Crippen LogP contribution in [0.3, 0.4) is 0 Å². The molecule has 0 unspecified atom stereocenters. The molecule has 0 saturated carbocycles. The van der Waals surface area contributed by atoms with Crippen LogP contribution in [-0.4, -0.2) is 15.2 Å². The maximum atomic E-state index is 13.6. The number of pyridine rings is 1. The van der Waals surface area contributed by atoms with E-state index in [0.717, 1.165) is 26.5 Å². The number of benzene rings is 3. The average molecular weight is 410 g/mol. The Kier molecular flexibility index (Phi) is 4.09. The van der Waals surface area contributed by atoms with E-state index in [9.17, 15) is 14.6 Å². The molecule has 0 saturated heterocycles. The van der Waals surface area contributed by atoms with Gasteiger partial charge in [0.2, 0.25) is 0 Å². The van der Waals surface area contributed by atoms with Crippen LogP contribution in [0.5, 0.6) is 11.5 Å². The highest BCUT2D eigenvalue weighted by Gasteiger charge is 2.11. The maximum Gasteiger partial charge on any atom is 0.165 e. The lowest BCUT2D eigenvalue weighted by Crippen LogP contribution is -1.89. The minimum Gasteiger partial charge on any atom is -0.507 e. The Labute approximate surface area is 157 Å². The summed E-state index contributed by atoms with van der Waals surface area (Å²) in [6, 6.07) is 18.8. The van der Waals surface area contributed by atoms with Crippen LogP contribution >= 0.6 is 15.9 Å². The van der Waals surface area contributed by atoms with Crippen molar-refractivity contribution in [1.82, 2.24) is 4.98 Å². The molecule has 3 nitrogen and oxygen atoms in total. The normalized spacial score (nSPS) is 11.0. The molecule has 0 bridgehead atoms. The standard InChI is InChI=1S/C21H13BrFNO2/c22-16-11-19(13-6-8-21(26)17(23)10-13)24-18-7-5-12(9-15(16)18)14-3-1-2-4-20(14)25/h1-11,25-26H. The first-order valence-corrected chi connectivity index (χ1v) is 8.70. The molecule has 0 aliphatic rings. The molecule has 0 amide bonds. The molecular formula is C21H13BrFNO2. The number of phenolic OH excluding ortho intramolecular Hbond substituents is 2. The maximum absolute atomic E-state index is 13.6. The molecule has 0 aliphatic carbocycles. The van der Waals surface area contributed by atoms with E-state index in [-0.39, 0.29) is 11.5 Å². The molecule has 26 heavy (non-hydrogen) atoms. The van der Waals surface area contributed by atoms with Gasteiger partial charge in [0, 0.05) is 21.0 Å². The van der Waals surface area contributed by atoms with Gasteiger partial charge in [0.05, 0.1) is 11.2 Å². The third-order valence-electron chi connectivity index (χ3n) is 4.22. The zero-order valence-electron chi connectivity index (χ0n) is 13.4. The second-order valence-electron chi connectivity index (χ2n) is 5.90. The van der Waals surface area contributed by atoms with Crippen LogP contribution in [0, 0.1) is 5.82 Å². The number of aromatic nitrogens is 1. The Balaban J connectivity index is 1.85. The van der Waals surface area contributed by atoms with E-state index in [4.69, 9.17) is 0 Å². The molecule has 0 atom stereocenters. The summed E-state index contributed by atoms with van der Waals surface area (Å²) in [7, 11) is 0. The first-order valence-electron chi connectivity index (χ1n) is 7.90. The lowest BCUT2D eigenvalue weighted by Gasteiger charge is -2.09. The molecular weight excluding hydrogens is 397 g/mol. The Hall–Kier alpha value is -2.92. The lowest BCUT2D eigenvalue weighted by molar-refractivity contribution is 0.432. The Morgan fingerprint density at radius 2 is 1.58 bits per heavy atom. The van der Waals surface area contributed by atoms with Crippen LogP contribution in [0.25, 0.3) is 33.3 Å². The molecule has 5 heteroatoms. The number of hydrogen-bond donors (Lipinski definition) is 2. The largest absolute Gasteiger partial charge is 0.507 e. The lowest BCUT2D eigenvalue weighted by atomic mass is 10.0. The summed E-state index contributed by atoms with van der Waals surface area (Å²) in [4.78, 5) is 4.59. The van der Waals surface area contributed by atoms with Crippen LogP contribution in [0.15, 0.2) is 71.2 Å². The van der Waals surface area contributed by atoms with Gasteiger partial charge in [0.1, 0.15) is 5.75 Å². The first-order chi connectivity index (χ1) is 12.5. The van der Waals surface area contributed by atoms with Crippen molar-refractivity contribution in [2.45, 2.75) is 0 Å². The van der Waals surface area contributed by atoms with Crippen molar-refractivity contribution >= 4 is 26.8 Å². The molecule has 0 spiro atoms. The van der Waals surface area contributed by atoms with E-state index in [1.54, 1.807) is 18.2 Å². The number of fused-ring (bicyclic) bond motifs is 1. The molecule has 0 radical (unpaired) electrons. The van der Waals surface area contributed by atoms with Gasteiger partial charge >= 0.3 is 0 Å². The van der Waals surface area contributed by atoms with Gasteiger partial charge in [-0.2, -0.15) is 0 Å². The second-order valence-corrected chi connectivity index (χ2v) is 6.76. The second kappa shape index (κ2) is 6.42. The van der Waals surface area contributed by atoms with E-state index in [1.807, 2.05) is 36.4 Å². The van der Waals surface area contributed by atoms with Crippen molar-refractivity contribution in [3.63, 3.8) is 0 Å². The highest BCUT2D eigenvalue weighted by atomic mass is 79.9. The van der Waals surface area contributed by atoms with Crippen molar-refractivity contribution in [3.05, 3.63) is 77.0 Å². The van der Waals surface area contributed by atoms with Crippen LogP contribution in [-0.2, 0) is 0 Å². The summed E-state index contributed by atoms with van der Waals surface area (Å²) < 4.78 is 14.5. The Morgan fingerprint density at radius 1 is 0.808 bits per heavy atom. The van der Waals surface area contributed by atoms with Gasteiger partial charge in [-0.15, -0.1) is 0 Å². The van der Waals surface area contributed by atoms with Gasteiger partial charge in [-0.05, 0) is 48.0 Å². The third kappa shape index (κ3) is 2.91. The number of hydrogen-bond acceptors (Lipinski definition) is 3. The monoisotopic (exact) mass is 409 g/mol. The van der Waals surface area contributed by atoms with Gasteiger partial charge in [-0.3, -0.25) is 0 Å². The predicted octanol–water partition coefficient (Wildman–Crippen LogP) is 5.88. The minimum absolute atomic E-state index is 0.215. The van der Waals surface area contributed by atoms with Crippen molar-refractivity contribution in [3.8, 4) is 33.9 Å². The summed E-state index contributed by atoms with van der Waals surface area (Å²) in [6.07, 6.45) is 0. The van der Waals surface area contributed by atoms with Crippen molar-refractivity contribution in [2.75, 3.05) is 0 Å². The molecule has 3 aromatic carbocycles. The van der Waals surface area contributed by atoms with Crippen molar-refractivity contribution in [1.29, 1.82) is 0 Å². The van der Waals surface area contributed by atoms with Crippen LogP contribution in [0.1, 0.15) is 0 Å². The molecule has 128 valence electrons. The molecule has 1 aromatic heterocycles. The summed E-state index contributed by atoms with van der Waals surface area (Å²) in [5, 5.41) is 20.3. The van der Waals surface area contributed by atoms with Gasteiger partial charge in [0.25, 0.3) is 0 Å². The van der Waals surface area contributed by atoms with Crippen molar-refractivity contribution in [2.24, 2.45) is 0 Å². The Bertz CT molecular complexity index is 1140. The summed E-state index contributed by atoms with van der Waals surface area (Å²) in [6.45, 7) is 0. The van der Waals surface area contributed by atoms with E-state index >= 15 is 0 Å². The van der Waals surface area contributed by atoms with Gasteiger partial charge in [-0.1, -0.05) is 40.2 Å². The summed E-state index contributed by atoms with van der Waals surface area (Å²) in [5.74, 6) is -0.858. The number of para-hydroxylation sites is 1. The Morgan fingerprint density at radius 3 is 2.35 bits per heavy atom. The summed E-state index contributed by atoms with van der Waals surface area (Å²) in [5.41, 5.74) is 3.53. The quantitative estimate of drug-likeness (QED) is 0.434. The van der Waals surface area contributed by atoms with E-state index in [2.05, 4.69) is 20.9 Å². The highest BCUT2D eigenvalue weighted by Crippen LogP contribution is 2.35.